The maximum absolute atomic E-state index is 12.4. The van der Waals surface area contributed by atoms with E-state index in [9.17, 15) is 23.3 Å². The number of amides is 1. The zero-order valence-corrected chi connectivity index (χ0v) is 18.2. The van der Waals surface area contributed by atoms with Crippen LogP contribution in [0.3, 0.4) is 0 Å². The van der Waals surface area contributed by atoms with Crippen molar-refractivity contribution in [3.05, 3.63) is 76.1 Å². The number of sulfonamides is 1. The van der Waals surface area contributed by atoms with Gasteiger partial charge in [0, 0.05) is 0 Å². The van der Waals surface area contributed by atoms with Crippen molar-refractivity contribution in [2.75, 3.05) is 18.0 Å². The number of carbonyl (C=O) groups is 1. The number of aryl methyl sites for hydroxylation is 1. The number of hydrazine groups is 2. The Kier molecular flexibility index (Phi) is 7.00. The second kappa shape index (κ2) is 9.88. The number of ether oxygens (including phenoxy) is 1. The van der Waals surface area contributed by atoms with Crippen LogP contribution in [0.1, 0.15) is 15.9 Å². The Labute approximate surface area is 188 Å². The second-order valence-electron chi connectivity index (χ2n) is 6.50. The van der Waals surface area contributed by atoms with Crippen molar-refractivity contribution in [2.24, 2.45) is 0 Å². The number of anilines is 2. The van der Waals surface area contributed by atoms with E-state index >= 15 is 0 Å². The first-order valence-corrected chi connectivity index (χ1v) is 10.7. The third-order valence-electron chi connectivity index (χ3n) is 4.29. The molecule has 0 saturated carbocycles. The molecule has 3 aromatic rings. The van der Waals surface area contributed by atoms with E-state index in [0.29, 0.717) is 5.75 Å². The van der Waals surface area contributed by atoms with Crippen LogP contribution in [0.2, 0.25) is 0 Å². The summed E-state index contributed by atoms with van der Waals surface area (Å²) in [5.74, 6) is -1.17. The summed E-state index contributed by atoms with van der Waals surface area (Å²) >= 11 is 0. The SMILES string of the molecule is COc1ccccc1C(=O)NNc1ncnc(NNS(=O)(=O)c2ccc(C)cc2)c1[N+](=O)[O-]. The summed E-state index contributed by atoms with van der Waals surface area (Å²) in [5.41, 5.74) is 7.19. The minimum absolute atomic E-state index is 0.0558. The lowest BCUT2D eigenvalue weighted by atomic mass is 10.2. The van der Waals surface area contributed by atoms with Crippen LogP contribution in [-0.4, -0.2) is 36.3 Å². The number of benzene rings is 2. The first-order chi connectivity index (χ1) is 15.7. The van der Waals surface area contributed by atoms with Gasteiger partial charge in [-0.1, -0.05) is 29.8 Å². The smallest absolute Gasteiger partial charge is 0.356 e. The number of nitrogens with zero attached hydrogens (tertiary/aromatic N) is 3. The summed E-state index contributed by atoms with van der Waals surface area (Å²) in [4.78, 5) is 32.7. The van der Waals surface area contributed by atoms with Gasteiger partial charge in [0.05, 0.1) is 22.5 Å². The molecule has 172 valence electrons. The molecule has 3 rings (SSSR count). The van der Waals surface area contributed by atoms with Crippen molar-refractivity contribution in [3.8, 4) is 5.75 Å². The van der Waals surface area contributed by atoms with Gasteiger partial charge >= 0.3 is 5.69 Å². The molecule has 4 N–H and O–H groups in total. The third-order valence-corrected chi connectivity index (χ3v) is 5.55. The van der Waals surface area contributed by atoms with E-state index in [1.165, 1.54) is 25.3 Å². The van der Waals surface area contributed by atoms with Crippen LogP contribution < -0.4 is 25.8 Å². The number of para-hydroxylation sites is 1. The molecule has 1 heterocycles. The van der Waals surface area contributed by atoms with Crippen LogP contribution in [-0.2, 0) is 10.0 Å². The van der Waals surface area contributed by atoms with Crippen molar-refractivity contribution in [1.29, 1.82) is 0 Å². The molecule has 0 radical (unpaired) electrons. The lowest BCUT2D eigenvalue weighted by Gasteiger charge is -2.12. The molecule has 0 aliphatic heterocycles. The van der Waals surface area contributed by atoms with E-state index in [0.717, 1.165) is 11.9 Å². The standard InChI is InChI=1S/C19H19N7O6S/c1-12-7-9-13(10-8-12)33(30,31)25-23-18-16(26(28)29)17(20-11-21-18)22-24-19(27)14-5-3-4-6-15(14)32-2/h3-11,25H,1-2H3,(H,24,27)(H2,20,21,22,23). The molecule has 0 bridgehead atoms. The number of rotatable bonds is 9. The summed E-state index contributed by atoms with van der Waals surface area (Å²) in [6.07, 6.45) is 0.951. The van der Waals surface area contributed by atoms with Gasteiger partial charge in [0.25, 0.3) is 15.9 Å². The Bertz CT molecular complexity index is 1280. The predicted molar refractivity (Wildman–Crippen MR) is 118 cm³/mol. The first kappa shape index (κ1) is 23.4. The topological polar surface area (TPSA) is 177 Å². The molecule has 2 aromatic carbocycles. The van der Waals surface area contributed by atoms with E-state index in [-0.39, 0.29) is 16.3 Å². The maximum Gasteiger partial charge on any atom is 0.356 e. The highest BCUT2D eigenvalue weighted by atomic mass is 32.2. The Morgan fingerprint density at radius 3 is 2.30 bits per heavy atom. The minimum atomic E-state index is -4.05. The van der Waals surface area contributed by atoms with Crippen molar-refractivity contribution in [3.63, 3.8) is 0 Å². The molecule has 0 fully saturated rings. The highest BCUT2D eigenvalue weighted by Gasteiger charge is 2.25. The number of hydrogen-bond donors (Lipinski definition) is 4. The van der Waals surface area contributed by atoms with Gasteiger partial charge in [-0.25, -0.2) is 18.4 Å². The Morgan fingerprint density at radius 1 is 1.03 bits per heavy atom. The first-order valence-electron chi connectivity index (χ1n) is 9.26. The predicted octanol–water partition coefficient (Wildman–Crippen LogP) is 1.76. The fourth-order valence-electron chi connectivity index (χ4n) is 2.64. The van der Waals surface area contributed by atoms with Crippen molar-refractivity contribution >= 4 is 33.3 Å². The monoisotopic (exact) mass is 473 g/mol. The lowest BCUT2D eigenvalue weighted by molar-refractivity contribution is -0.383. The quantitative estimate of drug-likeness (QED) is 0.264. The van der Waals surface area contributed by atoms with Gasteiger partial charge in [-0.05, 0) is 31.2 Å². The molecule has 1 amide bonds. The zero-order chi connectivity index (χ0) is 24.0. The van der Waals surface area contributed by atoms with Crippen molar-refractivity contribution in [2.45, 2.75) is 11.8 Å². The largest absolute Gasteiger partial charge is 0.496 e. The number of carbonyl (C=O) groups excluding carboxylic acids is 1. The molecule has 0 saturated heterocycles. The van der Waals surface area contributed by atoms with Gasteiger partial charge in [0.1, 0.15) is 12.1 Å². The Balaban J connectivity index is 1.79. The number of nitrogens with one attached hydrogen (secondary N) is 4. The molecule has 0 unspecified atom stereocenters. The maximum atomic E-state index is 12.4. The van der Waals surface area contributed by atoms with Gasteiger partial charge in [-0.2, -0.15) is 0 Å². The fourth-order valence-corrected chi connectivity index (χ4v) is 3.49. The minimum Gasteiger partial charge on any atom is -0.496 e. The fraction of sp³-hybridized carbons (Fsp3) is 0.105. The van der Waals surface area contributed by atoms with Gasteiger partial charge < -0.3 is 4.74 Å². The molecule has 0 aliphatic rings. The Morgan fingerprint density at radius 2 is 1.67 bits per heavy atom. The summed E-state index contributed by atoms with van der Waals surface area (Å²) in [6, 6.07) is 12.3. The van der Waals surface area contributed by atoms with Crippen LogP contribution in [0, 0.1) is 17.0 Å². The average Bonchev–Trinajstić information content (AvgIpc) is 2.81. The summed E-state index contributed by atoms with van der Waals surface area (Å²) in [5, 5.41) is 11.6. The van der Waals surface area contributed by atoms with E-state index in [2.05, 4.69) is 26.2 Å². The van der Waals surface area contributed by atoms with Gasteiger partial charge in [0.15, 0.2) is 0 Å². The zero-order valence-electron chi connectivity index (χ0n) is 17.4. The van der Waals surface area contributed by atoms with Crippen LogP contribution >= 0.6 is 0 Å². The normalized spacial score (nSPS) is 10.8. The molecular formula is C19H19N7O6S. The highest BCUT2D eigenvalue weighted by molar-refractivity contribution is 7.89. The van der Waals surface area contributed by atoms with Crippen LogP contribution in [0.4, 0.5) is 17.3 Å². The molecule has 1 aromatic heterocycles. The molecule has 33 heavy (non-hydrogen) atoms. The van der Waals surface area contributed by atoms with Crippen molar-refractivity contribution in [1.82, 2.24) is 20.2 Å². The van der Waals surface area contributed by atoms with E-state index in [4.69, 9.17) is 4.74 Å². The van der Waals surface area contributed by atoms with Crippen LogP contribution in [0.15, 0.2) is 59.8 Å². The second-order valence-corrected chi connectivity index (χ2v) is 8.18. The van der Waals surface area contributed by atoms with E-state index in [1.807, 2.05) is 4.83 Å². The number of methoxy groups -OCH3 is 1. The molecular weight excluding hydrogens is 454 g/mol. The average molecular weight is 473 g/mol. The van der Waals surface area contributed by atoms with E-state index in [1.54, 1.807) is 37.3 Å². The highest BCUT2D eigenvalue weighted by Crippen LogP contribution is 2.28. The molecule has 0 aliphatic carbocycles. The van der Waals surface area contributed by atoms with Gasteiger partial charge in [-0.15, -0.1) is 4.83 Å². The number of aromatic nitrogens is 2. The molecule has 0 atom stereocenters. The third kappa shape index (κ3) is 5.50. The molecule has 14 heteroatoms. The van der Waals surface area contributed by atoms with Crippen LogP contribution in [0.25, 0.3) is 0 Å². The summed E-state index contributed by atoms with van der Waals surface area (Å²) < 4.78 is 30.0. The molecule has 0 spiro atoms. The molecule has 13 nitrogen and oxygen atoms in total. The number of nitro groups is 1. The summed E-state index contributed by atoms with van der Waals surface area (Å²) in [6.45, 7) is 1.80. The van der Waals surface area contributed by atoms with E-state index < -0.39 is 32.4 Å². The summed E-state index contributed by atoms with van der Waals surface area (Å²) in [7, 11) is -2.65. The van der Waals surface area contributed by atoms with Crippen LogP contribution in [0.5, 0.6) is 5.75 Å². The Hall–Kier alpha value is -4.30. The lowest BCUT2D eigenvalue weighted by Crippen LogP contribution is -2.32. The number of hydrogen-bond acceptors (Lipinski definition) is 10. The van der Waals surface area contributed by atoms with Gasteiger partial charge in [0.2, 0.25) is 11.6 Å². The van der Waals surface area contributed by atoms with Crippen molar-refractivity contribution < 1.29 is 22.9 Å². The van der Waals surface area contributed by atoms with Gasteiger partial charge in [-0.3, -0.25) is 31.2 Å².